The van der Waals surface area contributed by atoms with Crippen molar-refractivity contribution in [3.05, 3.63) is 97.2 Å². The summed E-state index contributed by atoms with van der Waals surface area (Å²) in [5.41, 5.74) is 0. The van der Waals surface area contributed by atoms with Gasteiger partial charge in [0.2, 0.25) is 5.91 Å². The molecule has 0 radical (unpaired) electrons. The average Bonchev–Trinajstić information content (AvgIpc) is 3.21. The first-order chi connectivity index (χ1) is 29.5. The van der Waals surface area contributed by atoms with Crippen LogP contribution in [0.4, 0.5) is 0 Å². The van der Waals surface area contributed by atoms with Crippen LogP contribution in [0, 0.1) is 0 Å². The van der Waals surface area contributed by atoms with E-state index in [9.17, 15) is 19.4 Å². The third kappa shape index (κ3) is 45.3. The number of unbranched alkanes of at least 4 members (excludes halogenated alkanes) is 15. The van der Waals surface area contributed by atoms with E-state index in [0.29, 0.717) is 23.9 Å². The Morgan fingerprint density at radius 3 is 1.51 bits per heavy atom. The number of aliphatic hydroxyl groups is 1. The highest BCUT2D eigenvalue weighted by atomic mass is 31.2. The first kappa shape index (κ1) is 58.4. The van der Waals surface area contributed by atoms with Crippen LogP contribution in [0.5, 0.6) is 0 Å². The standard InChI is InChI=1S/C52H91N2O6P/c1-6-8-10-12-14-16-18-20-22-24-26-28-29-31-33-35-37-39-41-43-45-51(55)50(49-60-61(57,58)59-48-47-54(3,4)5)53-52(56)46-44-42-40-38-36-34-32-30-27-25-23-21-19-17-15-13-11-9-7-2/h9,11,15,17,21,23,27-30,34-37,43,45,50-51,55H,6-8,10,12-14,16,18-20,22,24-26,31-33,38-42,44,46-49H2,1-5H3,(H-,53,56,57,58)/p+1/b11-9-,17-15-,23-21-,29-28+,30-27-,36-34-,37-35+,45-43+. The topological polar surface area (TPSA) is 105 Å². The minimum absolute atomic E-state index is 0.0413. The fourth-order valence-electron chi connectivity index (χ4n) is 6.22. The second-order valence-corrected chi connectivity index (χ2v) is 18.5. The Hall–Kier alpha value is -2.58. The summed E-state index contributed by atoms with van der Waals surface area (Å²) in [6.07, 6.45) is 60.6. The summed E-state index contributed by atoms with van der Waals surface area (Å²) < 4.78 is 23.6. The smallest absolute Gasteiger partial charge is 0.387 e. The van der Waals surface area contributed by atoms with E-state index >= 15 is 0 Å². The molecule has 0 aromatic carbocycles. The molecule has 0 saturated heterocycles. The molecule has 0 aliphatic rings. The Labute approximate surface area is 375 Å². The molecule has 0 aliphatic carbocycles. The van der Waals surface area contributed by atoms with Gasteiger partial charge in [-0.2, -0.15) is 0 Å². The molecule has 0 saturated carbocycles. The number of amides is 1. The molecule has 3 atom stereocenters. The summed E-state index contributed by atoms with van der Waals surface area (Å²) in [7, 11) is 1.51. The van der Waals surface area contributed by atoms with E-state index in [1.54, 1.807) is 6.08 Å². The maximum absolute atomic E-state index is 12.9. The third-order valence-corrected chi connectivity index (χ3v) is 11.0. The largest absolute Gasteiger partial charge is 0.472 e. The van der Waals surface area contributed by atoms with Crippen molar-refractivity contribution in [3.8, 4) is 0 Å². The third-order valence-electron chi connectivity index (χ3n) is 10.0. The lowest BCUT2D eigenvalue weighted by Gasteiger charge is -2.25. The van der Waals surface area contributed by atoms with Gasteiger partial charge in [0.25, 0.3) is 0 Å². The molecule has 8 nitrogen and oxygen atoms in total. The normalized spacial score (nSPS) is 15.1. The van der Waals surface area contributed by atoms with Gasteiger partial charge < -0.3 is 19.8 Å². The predicted molar refractivity (Wildman–Crippen MR) is 262 cm³/mol. The van der Waals surface area contributed by atoms with Crippen LogP contribution in [0.1, 0.15) is 174 Å². The molecule has 1 amide bonds. The van der Waals surface area contributed by atoms with Crippen molar-refractivity contribution in [1.29, 1.82) is 0 Å². The van der Waals surface area contributed by atoms with Crippen LogP contribution in [-0.4, -0.2) is 73.4 Å². The van der Waals surface area contributed by atoms with Crippen LogP contribution in [0.15, 0.2) is 97.2 Å². The first-order valence-electron chi connectivity index (χ1n) is 24.1. The SMILES string of the molecule is CC/C=C\C/C=C\C/C=C\C/C=C\C/C=C\CCCCCC(=O)NC(COP(=O)(O)OCC[N+](C)(C)C)C(O)/C=C/CC/C=C/CC/C=C/CCCCCCCCCCCC. The predicted octanol–water partition coefficient (Wildman–Crippen LogP) is 13.9. The summed E-state index contributed by atoms with van der Waals surface area (Å²) in [6.45, 7) is 4.62. The minimum atomic E-state index is -4.37. The number of rotatable bonds is 42. The van der Waals surface area contributed by atoms with Crippen molar-refractivity contribution < 1.29 is 32.9 Å². The quantitative estimate of drug-likeness (QED) is 0.0244. The highest BCUT2D eigenvalue weighted by molar-refractivity contribution is 7.47. The lowest BCUT2D eigenvalue weighted by molar-refractivity contribution is -0.870. The Bertz CT molecular complexity index is 1310. The van der Waals surface area contributed by atoms with Crippen molar-refractivity contribution in [2.75, 3.05) is 40.9 Å². The van der Waals surface area contributed by atoms with Crippen LogP contribution in [-0.2, 0) is 18.4 Å². The summed E-state index contributed by atoms with van der Waals surface area (Å²) in [5.74, 6) is -0.227. The van der Waals surface area contributed by atoms with Crippen LogP contribution in [0.25, 0.3) is 0 Å². The van der Waals surface area contributed by atoms with Gasteiger partial charge in [0.1, 0.15) is 13.2 Å². The molecule has 0 aromatic rings. The van der Waals surface area contributed by atoms with E-state index in [-0.39, 0.29) is 19.1 Å². The second kappa shape index (κ2) is 42.7. The molecule has 61 heavy (non-hydrogen) atoms. The summed E-state index contributed by atoms with van der Waals surface area (Å²) >= 11 is 0. The zero-order chi connectivity index (χ0) is 45.0. The maximum Gasteiger partial charge on any atom is 0.472 e. The molecular formula is C52H92N2O6P+. The van der Waals surface area contributed by atoms with Gasteiger partial charge in [-0.15, -0.1) is 0 Å². The van der Waals surface area contributed by atoms with E-state index in [4.69, 9.17) is 9.05 Å². The van der Waals surface area contributed by atoms with E-state index in [1.807, 2.05) is 27.2 Å². The highest BCUT2D eigenvalue weighted by Crippen LogP contribution is 2.43. The van der Waals surface area contributed by atoms with E-state index in [2.05, 4.69) is 104 Å². The number of allylic oxidation sites excluding steroid dienone is 15. The van der Waals surface area contributed by atoms with Crippen molar-refractivity contribution in [2.24, 2.45) is 0 Å². The van der Waals surface area contributed by atoms with Gasteiger partial charge in [0.15, 0.2) is 0 Å². The molecule has 0 aliphatic heterocycles. The monoisotopic (exact) mass is 872 g/mol. The first-order valence-corrected chi connectivity index (χ1v) is 25.6. The number of hydrogen-bond donors (Lipinski definition) is 3. The Balaban J connectivity index is 4.54. The van der Waals surface area contributed by atoms with Crippen LogP contribution >= 0.6 is 7.82 Å². The molecule has 0 fully saturated rings. The van der Waals surface area contributed by atoms with Crippen molar-refractivity contribution in [3.63, 3.8) is 0 Å². The lowest BCUT2D eigenvalue weighted by atomic mass is 10.1. The molecule has 9 heteroatoms. The highest BCUT2D eigenvalue weighted by Gasteiger charge is 2.27. The number of nitrogens with one attached hydrogen (secondary N) is 1. The molecule has 0 rings (SSSR count). The number of phosphoric acid groups is 1. The van der Waals surface area contributed by atoms with Gasteiger partial charge in [-0.25, -0.2) is 4.57 Å². The zero-order valence-corrected chi connectivity index (χ0v) is 40.5. The number of hydrogen-bond acceptors (Lipinski definition) is 5. The minimum Gasteiger partial charge on any atom is -0.387 e. The molecule has 3 unspecified atom stereocenters. The molecule has 350 valence electrons. The van der Waals surface area contributed by atoms with Gasteiger partial charge in [0.05, 0.1) is 39.9 Å². The number of nitrogens with zero attached hydrogens (tertiary/aromatic N) is 1. The van der Waals surface area contributed by atoms with Crippen LogP contribution < -0.4 is 5.32 Å². The van der Waals surface area contributed by atoms with Gasteiger partial charge in [0, 0.05) is 6.42 Å². The number of quaternary nitrogens is 1. The lowest BCUT2D eigenvalue weighted by Crippen LogP contribution is -2.45. The van der Waals surface area contributed by atoms with Crippen molar-refractivity contribution in [2.45, 2.75) is 187 Å². The van der Waals surface area contributed by atoms with Gasteiger partial charge >= 0.3 is 7.82 Å². The number of likely N-dealkylation sites (N-methyl/N-ethyl adjacent to an activating group) is 1. The Morgan fingerprint density at radius 1 is 0.574 bits per heavy atom. The van der Waals surface area contributed by atoms with Crippen LogP contribution in [0.2, 0.25) is 0 Å². The Morgan fingerprint density at radius 2 is 1.00 bits per heavy atom. The van der Waals surface area contributed by atoms with E-state index < -0.39 is 20.0 Å². The molecule has 0 spiro atoms. The van der Waals surface area contributed by atoms with E-state index in [0.717, 1.165) is 77.0 Å². The second-order valence-electron chi connectivity index (χ2n) is 17.1. The molecule has 0 bridgehead atoms. The summed E-state index contributed by atoms with van der Waals surface area (Å²) in [6, 6.07) is -0.893. The van der Waals surface area contributed by atoms with Crippen molar-refractivity contribution >= 4 is 13.7 Å². The van der Waals surface area contributed by atoms with Gasteiger partial charge in [-0.1, -0.05) is 175 Å². The average molecular weight is 872 g/mol. The summed E-state index contributed by atoms with van der Waals surface area (Å²) in [5, 5.41) is 13.8. The molecule has 3 N–H and O–H groups in total. The number of carbonyl (C=O) groups excluding carboxylic acids is 1. The zero-order valence-electron chi connectivity index (χ0n) is 39.6. The molecule has 0 heterocycles. The fraction of sp³-hybridized carbons (Fsp3) is 0.673. The fourth-order valence-corrected chi connectivity index (χ4v) is 6.95. The molecular weight excluding hydrogens is 780 g/mol. The van der Waals surface area contributed by atoms with Crippen LogP contribution in [0.3, 0.4) is 0 Å². The van der Waals surface area contributed by atoms with Crippen molar-refractivity contribution in [1.82, 2.24) is 5.32 Å². The maximum atomic E-state index is 12.9. The van der Waals surface area contributed by atoms with Gasteiger partial charge in [-0.3, -0.25) is 13.8 Å². The van der Waals surface area contributed by atoms with Gasteiger partial charge in [-0.05, 0) is 89.9 Å². The number of aliphatic hydroxyl groups excluding tert-OH is 1. The number of phosphoric ester groups is 1. The summed E-state index contributed by atoms with van der Waals surface area (Å²) in [4.78, 5) is 23.2. The Kier molecular flexibility index (Phi) is 40.9. The molecule has 0 aromatic heterocycles. The van der Waals surface area contributed by atoms with E-state index in [1.165, 1.54) is 70.6 Å². The number of carbonyl (C=O) groups is 1.